The molecular weight excluding hydrogens is 330 g/mol. The lowest BCUT2D eigenvalue weighted by molar-refractivity contribution is -0.126. The summed E-state index contributed by atoms with van der Waals surface area (Å²) in [5.74, 6) is -0.0528. The number of hydrogen-bond acceptors (Lipinski definition) is 4. The number of ether oxygens (including phenoxy) is 1. The van der Waals surface area contributed by atoms with E-state index in [0.29, 0.717) is 13.0 Å². The number of amides is 2. The lowest BCUT2D eigenvalue weighted by Gasteiger charge is -2.29. The summed E-state index contributed by atoms with van der Waals surface area (Å²) in [7, 11) is 0. The van der Waals surface area contributed by atoms with E-state index >= 15 is 0 Å². The zero-order valence-electron chi connectivity index (χ0n) is 15.6. The van der Waals surface area contributed by atoms with Gasteiger partial charge in [-0.2, -0.15) is 0 Å². The molecule has 6 heteroatoms. The maximum atomic E-state index is 12.6. The van der Waals surface area contributed by atoms with E-state index in [1.165, 1.54) is 0 Å². The highest BCUT2D eigenvalue weighted by Gasteiger charge is 2.30. The molecule has 0 spiro atoms. The number of anilines is 1. The summed E-state index contributed by atoms with van der Waals surface area (Å²) >= 11 is 0. The fraction of sp³-hybridized carbons (Fsp3) is 0.600. The maximum Gasteiger partial charge on any atom is 0.242 e. The van der Waals surface area contributed by atoms with Crippen LogP contribution in [0.2, 0.25) is 0 Å². The average Bonchev–Trinajstić information content (AvgIpc) is 2.83. The topological polar surface area (TPSA) is 61.9 Å². The molecule has 1 N–H and O–H groups in total. The van der Waals surface area contributed by atoms with Gasteiger partial charge in [0.25, 0.3) is 0 Å². The molecule has 6 nitrogen and oxygen atoms in total. The number of rotatable bonds is 6. The molecule has 2 aliphatic heterocycles. The molecule has 1 atom stereocenters. The Morgan fingerprint density at radius 3 is 2.81 bits per heavy atom. The van der Waals surface area contributed by atoms with E-state index in [4.69, 9.17) is 4.74 Å². The number of nitrogens with one attached hydrogen (secondary N) is 1. The molecule has 0 aromatic heterocycles. The zero-order valence-corrected chi connectivity index (χ0v) is 15.6. The van der Waals surface area contributed by atoms with E-state index in [1.54, 1.807) is 4.90 Å². The predicted octanol–water partition coefficient (Wildman–Crippen LogP) is 1.58. The van der Waals surface area contributed by atoms with Gasteiger partial charge in [0.1, 0.15) is 6.04 Å². The fourth-order valence-electron chi connectivity index (χ4n) is 3.67. The van der Waals surface area contributed by atoms with Crippen LogP contribution in [0, 0.1) is 0 Å². The highest BCUT2D eigenvalue weighted by Crippen LogP contribution is 2.28. The Labute approximate surface area is 155 Å². The van der Waals surface area contributed by atoms with Crippen molar-refractivity contribution in [1.82, 2.24) is 10.2 Å². The summed E-state index contributed by atoms with van der Waals surface area (Å²) in [4.78, 5) is 29.2. The van der Waals surface area contributed by atoms with Gasteiger partial charge in [0.15, 0.2) is 0 Å². The molecule has 1 aromatic carbocycles. The highest BCUT2D eigenvalue weighted by molar-refractivity contribution is 6.01. The Morgan fingerprint density at radius 2 is 2.00 bits per heavy atom. The van der Waals surface area contributed by atoms with Crippen LogP contribution in [0.25, 0.3) is 0 Å². The number of benzene rings is 1. The first kappa shape index (κ1) is 18.9. The second kappa shape index (κ2) is 9.14. The van der Waals surface area contributed by atoms with Gasteiger partial charge in [-0.05, 0) is 44.4 Å². The number of morpholine rings is 1. The van der Waals surface area contributed by atoms with Crippen LogP contribution in [0.4, 0.5) is 5.69 Å². The summed E-state index contributed by atoms with van der Waals surface area (Å²) in [5.41, 5.74) is 2.02. The van der Waals surface area contributed by atoms with E-state index in [-0.39, 0.29) is 11.8 Å². The Bertz CT molecular complexity index is 628. The van der Waals surface area contributed by atoms with Gasteiger partial charge in [-0.25, -0.2) is 0 Å². The van der Waals surface area contributed by atoms with Crippen LogP contribution in [0.15, 0.2) is 24.3 Å². The fourth-order valence-corrected chi connectivity index (χ4v) is 3.67. The van der Waals surface area contributed by atoms with E-state index in [0.717, 1.165) is 63.4 Å². The molecule has 0 saturated carbocycles. The third kappa shape index (κ3) is 4.62. The minimum absolute atomic E-state index is 0.0333. The Balaban J connectivity index is 1.54. The normalized spacial score (nSPS) is 19.6. The molecular formula is C20H29N3O3. The minimum Gasteiger partial charge on any atom is -0.379 e. The first-order valence-electron chi connectivity index (χ1n) is 9.64. The van der Waals surface area contributed by atoms with Gasteiger partial charge in [-0.1, -0.05) is 18.2 Å². The van der Waals surface area contributed by atoms with Crippen molar-refractivity contribution in [3.05, 3.63) is 29.8 Å². The predicted molar refractivity (Wildman–Crippen MR) is 101 cm³/mol. The number of aryl methyl sites for hydroxylation is 1. The molecule has 1 aromatic rings. The molecule has 3 rings (SSSR count). The summed E-state index contributed by atoms with van der Waals surface area (Å²) in [5, 5.41) is 3.00. The molecule has 1 saturated heterocycles. The van der Waals surface area contributed by atoms with Gasteiger partial charge in [-0.3, -0.25) is 19.4 Å². The first-order chi connectivity index (χ1) is 12.7. The van der Waals surface area contributed by atoms with E-state index < -0.39 is 6.04 Å². The number of carbonyl (C=O) groups excluding carboxylic acids is 2. The number of carbonyl (C=O) groups is 2. The van der Waals surface area contributed by atoms with Gasteiger partial charge >= 0.3 is 0 Å². The molecule has 0 unspecified atom stereocenters. The van der Waals surface area contributed by atoms with E-state index in [9.17, 15) is 9.59 Å². The Kier molecular flexibility index (Phi) is 6.63. The second-order valence-corrected chi connectivity index (χ2v) is 7.02. The number of nitrogens with zero attached hydrogens (tertiary/aromatic N) is 2. The first-order valence-corrected chi connectivity index (χ1v) is 9.64. The van der Waals surface area contributed by atoms with Crippen LogP contribution in [-0.2, 0) is 20.7 Å². The smallest absolute Gasteiger partial charge is 0.242 e. The highest BCUT2D eigenvalue weighted by atomic mass is 16.5. The summed E-state index contributed by atoms with van der Waals surface area (Å²) in [6.45, 7) is 6.91. The second-order valence-electron chi connectivity index (χ2n) is 7.02. The van der Waals surface area contributed by atoms with Crippen LogP contribution in [-0.4, -0.2) is 62.1 Å². The summed E-state index contributed by atoms with van der Waals surface area (Å²) < 4.78 is 5.34. The molecule has 1 fully saturated rings. The van der Waals surface area contributed by atoms with Crippen LogP contribution in [0.3, 0.4) is 0 Å². The minimum atomic E-state index is -0.495. The largest absolute Gasteiger partial charge is 0.379 e. The SMILES string of the molecule is C[C@H](C(=O)NCCCN1CCOCC1)N1C(=O)CCCc2ccccc21. The van der Waals surface area contributed by atoms with Crippen molar-refractivity contribution in [1.29, 1.82) is 0 Å². The van der Waals surface area contributed by atoms with E-state index in [1.807, 2.05) is 31.2 Å². The van der Waals surface area contributed by atoms with E-state index in [2.05, 4.69) is 10.2 Å². The van der Waals surface area contributed by atoms with Gasteiger partial charge < -0.3 is 10.1 Å². The lowest BCUT2D eigenvalue weighted by atomic mass is 10.1. The van der Waals surface area contributed by atoms with Crippen LogP contribution >= 0.6 is 0 Å². The zero-order chi connectivity index (χ0) is 18.4. The third-order valence-electron chi connectivity index (χ3n) is 5.18. The number of para-hydroxylation sites is 1. The molecule has 0 radical (unpaired) electrons. The van der Waals surface area contributed by atoms with Crippen LogP contribution in [0.5, 0.6) is 0 Å². The van der Waals surface area contributed by atoms with Crippen LogP contribution in [0.1, 0.15) is 31.7 Å². The van der Waals surface area contributed by atoms with Crippen molar-refractivity contribution in [2.24, 2.45) is 0 Å². The summed E-state index contributed by atoms with van der Waals surface area (Å²) in [6.07, 6.45) is 3.11. The van der Waals surface area contributed by atoms with Crippen LogP contribution < -0.4 is 10.2 Å². The number of fused-ring (bicyclic) bond motifs is 1. The molecule has 0 aliphatic carbocycles. The molecule has 0 bridgehead atoms. The van der Waals surface area contributed by atoms with Crippen molar-refractivity contribution >= 4 is 17.5 Å². The standard InChI is InChI=1S/C20H29N3O3/c1-16(20(25)21-10-5-11-22-12-14-26-15-13-22)23-18-8-3-2-6-17(18)7-4-9-19(23)24/h2-3,6,8,16H,4-5,7,9-15H2,1H3,(H,21,25)/t16-/m1/s1. The van der Waals surface area contributed by atoms with Crippen molar-refractivity contribution in [2.45, 2.75) is 38.6 Å². The summed E-state index contributed by atoms with van der Waals surface area (Å²) in [6, 6.07) is 7.42. The van der Waals surface area contributed by atoms with Gasteiger partial charge in [-0.15, -0.1) is 0 Å². The van der Waals surface area contributed by atoms with Crippen molar-refractivity contribution in [2.75, 3.05) is 44.3 Å². The number of hydrogen-bond donors (Lipinski definition) is 1. The molecule has 142 valence electrons. The average molecular weight is 359 g/mol. The van der Waals surface area contributed by atoms with Gasteiger partial charge in [0.05, 0.1) is 13.2 Å². The third-order valence-corrected chi connectivity index (χ3v) is 5.18. The molecule has 26 heavy (non-hydrogen) atoms. The van der Waals surface area contributed by atoms with Gasteiger partial charge in [0.2, 0.25) is 11.8 Å². The van der Waals surface area contributed by atoms with Crippen molar-refractivity contribution in [3.63, 3.8) is 0 Å². The molecule has 2 aliphatic rings. The molecule has 2 amide bonds. The lowest BCUT2D eigenvalue weighted by Crippen LogP contribution is -2.48. The monoisotopic (exact) mass is 359 g/mol. The quantitative estimate of drug-likeness (QED) is 0.784. The van der Waals surface area contributed by atoms with Crippen molar-refractivity contribution in [3.8, 4) is 0 Å². The Hall–Kier alpha value is -1.92. The maximum absolute atomic E-state index is 12.6. The Morgan fingerprint density at radius 1 is 1.23 bits per heavy atom. The molecule has 2 heterocycles. The van der Waals surface area contributed by atoms with Gasteiger partial charge in [0, 0.05) is 31.7 Å². The van der Waals surface area contributed by atoms with Crippen molar-refractivity contribution < 1.29 is 14.3 Å².